The molecule has 1 aromatic heterocycles. The molecule has 0 fully saturated rings. The van der Waals surface area contributed by atoms with Crippen LogP contribution in [0.2, 0.25) is 10.0 Å². The first-order valence-corrected chi connectivity index (χ1v) is 6.08. The molecular weight excluding hydrogens is 277 g/mol. The van der Waals surface area contributed by atoms with Gasteiger partial charge in [-0.25, -0.2) is 4.79 Å². The summed E-state index contributed by atoms with van der Waals surface area (Å²) in [7, 11) is 1.75. The molecule has 0 atom stereocenters. The van der Waals surface area contributed by atoms with E-state index in [2.05, 4.69) is 0 Å². The zero-order chi connectivity index (χ0) is 13.3. The second kappa shape index (κ2) is 5.08. The third-order valence-corrected chi connectivity index (χ3v) is 3.09. The van der Waals surface area contributed by atoms with Gasteiger partial charge < -0.3 is 14.0 Å². The SMILES string of the molecule is CCOC(=O)Oc1c(Cl)c2cc(Cl)ccc2n1C. The average Bonchev–Trinajstić information content (AvgIpc) is 2.55. The van der Waals surface area contributed by atoms with Gasteiger partial charge in [0.15, 0.2) is 0 Å². The minimum Gasteiger partial charge on any atom is -0.434 e. The highest BCUT2D eigenvalue weighted by Gasteiger charge is 2.18. The zero-order valence-electron chi connectivity index (χ0n) is 9.87. The van der Waals surface area contributed by atoms with E-state index in [0.717, 1.165) is 10.9 Å². The van der Waals surface area contributed by atoms with E-state index in [1.54, 1.807) is 30.7 Å². The Morgan fingerprint density at radius 2 is 2.11 bits per heavy atom. The third kappa shape index (κ3) is 2.26. The molecule has 0 aliphatic carbocycles. The summed E-state index contributed by atoms with van der Waals surface area (Å²) in [6.07, 6.45) is -0.781. The number of rotatable bonds is 2. The maximum absolute atomic E-state index is 11.3. The van der Waals surface area contributed by atoms with Crippen LogP contribution >= 0.6 is 23.2 Å². The smallest absolute Gasteiger partial charge is 0.434 e. The van der Waals surface area contributed by atoms with Crippen molar-refractivity contribution in [2.45, 2.75) is 6.92 Å². The summed E-state index contributed by atoms with van der Waals surface area (Å²) < 4.78 is 11.5. The molecule has 2 aromatic rings. The van der Waals surface area contributed by atoms with Crippen LogP contribution in [0.1, 0.15) is 6.92 Å². The van der Waals surface area contributed by atoms with Gasteiger partial charge in [0.05, 0.1) is 12.1 Å². The van der Waals surface area contributed by atoms with Crippen molar-refractivity contribution in [2.75, 3.05) is 6.61 Å². The van der Waals surface area contributed by atoms with Gasteiger partial charge in [0.2, 0.25) is 5.88 Å². The molecule has 0 spiro atoms. The number of hydrogen-bond donors (Lipinski definition) is 0. The number of carbonyl (C=O) groups excluding carboxylic acids is 1. The largest absolute Gasteiger partial charge is 0.515 e. The van der Waals surface area contributed by atoms with Crippen molar-refractivity contribution in [1.82, 2.24) is 4.57 Å². The molecule has 0 amide bonds. The molecular formula is C12H11Cl2NO3. The summed E-state index contributed by atoms with van der Waals surface area (Å²) >= 11 is 12.1. The number of halogens is 2. The molecule has 0 radical (unpaired) electrons. The number of fused-ring (bicyclic) bond motifs is 1. The minimum absolute atomic E-state index is 0.242. The molecule has 2 rings (SSSR count). The lowest BCUT2D eigenvalue weighted by Crippen LogP contribution is -2.12. The van der Waals surface area contributed by atoms with Gasteiger partial charge in [-0.2, -0.15) is 0 Å². The molecule has 0 aliphatic rings. The van der Waals surface area contributed by atoms with Crippen LogP contribution in [-0.2, 0) is 11.8 Å². The Bertz CT molecular complexity index is 607. The summed E-state index contributed by atoms with van der Waals surface area (Å²) in [5.74, 6) is 0.243. The van der Waals surface area contributed by atoms with E-state index in [1.807, 2.05) is 6.07 Å². The normalized spacial score (nSPS) is 10.7. The van der Waals surface area contributed by atoms with Gasteiger partial charge in [0.25, 0.3) is 0 Å². The standard InChI is InChI=1S/C12H11Cl2NO3/c1-3-17-12(16)18-11-10(14)8-6-7(13)4-5-9(8)15(11)2/h4-6H,3H2,1-2H3. The molecule has 0 aliphatic heterocycles. The number of aryl methyl sites for hydroxylation is 1. The fraction of sp³-hybridized carbons (Fsp3) is 0.250. The lowest BCUT2D eigenvalue weighted by molar-refractivity contribution is 0.102. The Kier molecular flexibility index (Phi) is 3.68. The van der Waals surface area contributed by atoms with E-state index in [4.69, 9.17) is 32.7 Å². The Balaban J connectivity index is 2.48. The van der Waals surface area contributed by atoms with Gasteiger partial charge in [0, 0.05) is 17.5 Å². The molecule has 0 saturated heterocycles. The van der Waals surface area contributed by atoms with Crippen LogP contribution < -0.4 is 4.74 Å². The first-order chi connectivity index (χ1) is 8.54. The fourth-order valence-electron chi connectivity index (χ4n) is 1.69. The summed E-state index contributed by atoms with van der Waals surface area (Å²) in [6.45, 7) is 1.94. The number of nitrogens with zero attached hydrogens (tertiary/aromatic N) is 1. The Hall–Kier alpha value is -1.39. The van der Waals surface area contributed by atoms with E-state index in [-0.39, 0.29) is 12.5 Å². The second-order valence-electron chi connectivity index (χ2n) is 3.62. The maximum Gasteiger partial charge on any atom is 0.515 e. The monoisotopic (exact) mass is 287 g/mol. The second-order valence-corrected chi connectivity index (χ2v) is 4.44. The molecule has 0 bridgehead atoms. The van der Waals surface area contributed by atoms with Gasteiger partial charge in [-0.1, -0.05) is 23.2 Å². The molecule has 1 aromatic carbocycles. The van der Waals surface area contributed by atoms with Crippen LogP contribution in [0, 0.1) is 0 Å². The van der Waals surface area contributed by atoms with E-state index >= 15 is 0 Å². The van der Waals surface area contributed by atoms with Crippen LogP contribution in [-0.4, -0.2) is 17.3 Å². The molecule has 6 heteroatoms. The summed E-state index contributed by atoms with van der Waals surface area (Å²) in [6, 6.07) is 5.27. The van der Waals surface area contributed by atoms with Crippen LogP contribution in [0.3, 0.4) is 0 Å². The van der Waals surface area contributed by atoms with Gasteiger partial charge in [-0.05, 0) is 25.1 Å². The predicted molar refractivity (Wildman–Crippen MR) is 70.6 cm³/mol. The summed E-state index contributed by atoms with van der Waals surface area (Å²) in [4.78, 5) is 11.3. The van der Waals surface area contributed by atoms with Gasteiger partial charge >= 0.3 is 6.16 Å². The molecule has 0 N–H and O–H groups in total. The quantitative estimate of drug-likeness (QED) is 0.783. The maximum atomic E-state index is 11.3. The first kappa shape index (κ1) is 13.1. The summed E-state index contributed by atoms with van der Waals surface area (Å²) in [5.41, 5.74) is 0.823. The molecule has 4 nitrogen and oxygen atoms in total. The fourth-order valence-corrected chi connectivity index (χ4v) is 2.18. The molecule has 18 heavy (non-hydrogen) atoms. The molecule has 1 heterocycles. The highest BCUT2D eigenvalue weighted by molar-refractivity contribution is 6.38. The Morgan fingerprint density at radius 1 is 1.39 bits per heavy atom. The number of ether oxygens (including phenoxy) is 2. The number of aromatic nitrogens is 1. The Morgan fingerprint density at radius 3 is 2.78 bits per heavy atom. The van der Waals surface area contributed by atoms with Gasteiger partial charge in [-0.3, -0.25) is 0 Å². The van der Waals surface area contributed by atoms with Crippen LogP contribution in [0.15, 0.2) is 18.2 Å². The van der Waals surface area contributed by atoms with E-state index < -0.39 is 6.16 Å². The van der Waals surface area contributed by atoms with Crippen molar-refractivity contribution < 1.29 is 14.3 Å². The zero-order valence-corrected chi connectivity index (χ0v) is 11.4. The minimum atomic E-state index is -0.781. The highest BCUT2D eigenvalue weighted by atomic mass is 35.5. The van der Waals surface area contributed by atoms with Crippen molar-refractivity contribution in [3.8, 4) is 5.88 Å². The van der Waals surface area contributed by atoms with E-state index in [9.17, 15) is 4.79 Å². The lowest BCUT2D eigenvalue weighted by atomic mass is 10.2. The van der Waals surface area contributed by atoms with Crippen molar-refractivity contribution in [3.05, 3.63) is 28.2 Å². The highest BCUT2D eigenvalue weighted by Crippen LogP contribution is 2.37. The van der Waals surface area contributed by atoms with Crippen molar-refractivity contribution >= 4 is 40.3 Å². The topological polar surface area (TPSA) is 40.5 Å². The molecule has 0 unspecified atom stereocenters. The van der Waals surface area contributed by atoms with Crippen molar-refractivity contribution in [3.63, 3.8) is 0 Å². The Labute approximate surface area is 114 Å². The van der Waals surface area contributed by atoms with Gasteiger partial charge in [0.1, 0.15) is 5.02 Å². The summed E-state index contributed by atoms with van der Waals surface area (Å²) in [5, 5.41) is 1.63. The van der Waals surface area contributed by atoms with Crippen LogP contribution in [0.4, 0.5) is 4.79 Å². The first-order valence-electron chi connectivity index (χ1n) is 5.32. The van der Waals surface area contributed by atoms with Crippen LogP contribution in [0.5, 0.6) is 5.88 Å². The predicted octanol–water partition coefficient (Wildman–Crippen LogP) is 4.02. The van der Waals surface area contributed by atoms with Crippen LogP contribution in [0.25, 0.3) is 10.9 Å². The van der Waals surface area contributed by atoms with Crippen molar-refractivity contribution in [2.24, 2.45) is 7.05 Å². The third-order valence-electron chi connectivity index (χ3n) is 2.49. The van der Waals surface area contributed by atoms with E-state index in [1.165, 1.54) is 0 Å². The number of hydrogen-bond acceptors (Lipinski definition) is 3. The van der Waals surface area contributed by atoms with Crippen molar-refractivity contribution in [1.29, 1.82) is 0 Å². The lowest BCUT2D eigenvalue weighted by Gasteiger charge is -2.05. The number of benzene rings is 1. The molecule has 96 valence electrons. The van der Waals surface area contributed by atoms with E-state index in [0.29, 0.717) is 10.0 Å². The van der Waals surface area contributed by atoms with Gasteiger partial charge in [-0.15, -0.1) is 0 Å². The average molecular weight is 288 g/mol. The molecule has 0 saturated carbocycles. The number of carbonyl (C=O) groups is 1.